The van der Waals surface area contributed by atoms with E-state index in [1.165, 1.54) is 0 Å². The number of halogens is 1. The number of aromatic nitrogens is 5. The summed E-state index contributed by atoms with van der Waals surface area (Å²) >= 11 is 5.97. The van der Waals surface area contributed by atoms with Gasteiger partial charge in [0.25, 0.3) is 0 Å². The molecule has 0 aliphatic rings. The minimum absolute atomic E-state index is 0.674. The molecule has 0 saturated carbocycles. The summed E-state index contributed by atoms with van der Waals surface area (Å²) in [4.78, 5) is 0. The van der Waals surface area contributed by atoms with E-state index in [1.807, 2.05) is 48.3 Å². The Kier molecular flexibility index (Phi) is 3.05. The van der Waals surface area contributed by atoms with E-state index in [0.29, 0.717) is 5.02 Å². The van der Waals surface area contributed by atoms with Crippen LogP contribution in [0.1, 0.15) is 6.92 Å². The molecule has 1 aromatic carbocycles. The summed E-state index contributed by atoms with van der Waals surface area (Å²) < 4.78 is 3.55. The van der Waals surface area contributed by atoms with Crippen LogP contribution in [0.15, 0.2) is 42.9 Å². The monoisotopic (exact) mass is 273 g/mol. The Labute approximate surface area is 115 Å². The number of benzene rings is 1. The number of hydrogen-bond donors (Lipinski definition) is 0. The van der Waals surface area contributed by atoms with Gasteiger partial charge in [-0.2, -0.15) is 5.10 Å². The van der Waals surface area contributed by atoms with Crippen LogP contribution in [-0.4, -0.2) is 24.8 Å². The highest BCUT2D eigenvalue weighted by atomic mass is 35.5. The fraction of sp³-hybridized carbons (Fsp3) is 0.154. The summed E-state index contributed by atoms with van der Waals surface area (Å²) in [5.41, 5.74) is 2.63. The van der Waals surface area contributed by atoms with Crippen LogP contribution < -0.4 is 0 Å². The van der Waals surface area contributed by atoms with E-state index < -0.39 is 0 Å². The number of hydrogen-bond acceptors (Lipinski definition) is 3. The largest absolute Gasteiger partial charge is 0.272 e. The second kappa shape index (κ2) is 4.85. The van der Waals surface area contributed by atoms with Gasteiger partial charge in [-0.1, -0.05) is 22.9 Å². The van der Waals surface area contributed by atoms with E-state index in [2.05, 4.69) is 15.4 Å². The molecule has 0 saturated heterocycles. The van der Waals surface area contributed by atoms with Crippen molar-refractivity contribution in [2.24, 2.45) is 0 Å². The smallest absolute Gasteiger partial charge is 0.116 e. The molecule has 96 valence electrons. The summed E-state index contributed by atoms with van der Waals surface area (Å²) in [7, 11) is 0. The van der Waals surface area contributed by atoms with Crippen molar-refractivity contribution in [3.8, 4) is 16.9 Å². The van der Waals surface area contributed by atoms with Gasteiger partial charge in [0.1, 0.15) is 5.69 Å². The lowest BCUT2D eigenvalue weighted by atomic mass is 10.3. The van der Waals surface area contributed by atoms with Crippen LogP contribution in [0.25, 0.3) is 16.9 Å². The summed E-state index contributed by atoms with van der Waals surface area (Å²) in [5, 5.41) is 13.2. The second-order valence-electron chi connectivity index (χ2n) is 4.11. The Balaban J connectivity index is 1.95. The van der Waals surface area contributed by atoms with Gasteiger partial charge >= 0.3 is 0 Å². The Bertz CT molecular complexity index is 700. The van der Waals surface area contributed by atoms with Crippen molar-refractivity contribution in [2.75, 3.05) is 0 Å². The lowest BCUT2D eigenvalue weighted by molar-refractivity contribution is 0.660. The van der Waals surface area contributed by atoms with Crippen LogP contribution in [-0.2, 0) is 6.54 Å². The molecule has 6 heteroatoms. The molecule has 0 bridgehead atoms. The zero-order valence-corrected chi connectivity index (χ0v) is 11.1. The molecule has 0 unspecified atom stereocenters. The first kappa shape index (κ1) is 11.9. The molecular formula is C13H12ClN5. The van der Waals surface area contributed by atoms with Gasteiger partial charge in [0.15, 0.2) is 0 Å². The minimum Gasteiger partial charge on any atom is -0.272 e. The average molecular weight is 274 g/mol. The molecule has 0 fully saturated rings. The Morgan fingerprint density at radius 1 is 1.26 bits per heavy atom. The lowest BCUT2D eigenvalue weighted by Gasteiger charge is -1.99. The molecule has 3 rings (SSSR count). The first-order valence-corrected chi connectivity index (χ1v) is 6.35. The minimum atomic E-state index is 0.674. The van der Waals surface area contributed by atoms with E-state index in [1.54, 1.807) is 10.9 Å². The van der Waals surface area contributed by atoms with Crippen molar-refractivity contribution in [2.45, 2.75) is 13.5 Å². The predicted octanol–water partition coefficient (Wildman–Crippen LogP) is 2.80. The van der Waals surface area contributed by atoms with Gasteiger partial charge in [0.2, 0.25) is 0 Å². The number of rotatable bonds is 3. The highest BCUT2D eigenvalue weighted by Crippen LogP contribution is 2.18. The molecule has 0 aliphatic carbocycles. The van der Waals surface area contributed by atoms with Crippen molar-refractivity contribution in [3.63, 3.8) is 0 Å². The molecule has 0 spiro atoms. The number of aryl methyl sites for hydroxylation is 1. The Morgan fingerprint density at radius 2 is 2.16 bits per heavy atom. The van der Waals surface area contributed by atoms with Crippen LogP contribution in [0.5, 0.6) is 0 Å². The lowest BCUT2D eigenvalue weighted by Crippen LogP contribution is -1.93. The van der Waals surface area contributed by atoms with E-state index in [9.17, 15) is 0 Å². The fourth-order valence-electron chi connectivity index (χ4n) is 1.81. The molecule has 0 atom stereocenters. The summed E-state index contributed by atoms with van der Waals surface area (Å²) in [5.74, 6) is 0. The highest BCUT2D eigenvalue weighted by Gasteiger charge is 2.07. The average Bonchev–Trinajstić information content (AvgIpc) is 3.07. The number of nitrogens with zero attached hydrogens (tertiary/aromatic N) is 5. The third kappa shape index (κ3) is 2.37. The van der Waals surface area contributed by atoms with Gasteiger partial charge < -0.3 is 0 Å². The predicted molar refractivity (Wildman–Crippen MR) is 73.3 cm³/mol. The van der Waals surface area contributed by atoms with E-state index in [0.717, 1.165) is 23.5 Å². The summed E-state index contributed by atoms with van der Waals surface area (Å²) in [6, 6.07) is 7.48. The molecule has 3 aromatic rings. The Morgan fingerprint density at radius 3 is 2.89 bits per heavy atom. The van der Waals surface area contributed by atoms with Gasteiger partial charge in [0, 0.05) is 23.3 Å². The third-order valence-corrected chi connectivity index (χ3v) is 3.05. The van der Waals surface area contributed by atoms with E-state index in [-0.39, 0.29) is 0 Å². The van der Waals surface area contributed by atoms with Crippen molar-refractivity contribution >= 4 is 11.6 Å². The van der Waals surface area contributed by atoms with Crippen LogP contribution in [0.3, 0.4) is 0 Å². The second-order valence-corrected chi connectivity index (χ2v) is 4.55. The SMILES string of the molecule is CCn1cc(-c2cn(-c3cccc(Cl)c3)nn2)cn1. The normalized spacial score (nSPS) is 10.8. The fourth-order valence-corrected chi connectivity index (χ4v) is 1.99. The molecule has 2 aromatic heterocycles. The van der Waals surface area contributed by atoms with Gasteiger partial charge in [-0.25, -0.2) is 4.68 Å². The van der Waals surface area contributed by atoms with Crippen LogP contribution in [0.4, 0.5) is 0 Å². The van der Waals surface area contributed by atoms with Crippen LogP contribution in [0.2, 0.25) is 5.02 Å². The third-order valence-electron chi connectivity index (χ3n) is 2.82. The standard InChI is InChI=1S/C13H12ClN5/c1-2-18-8-10(7-15-18)13-9-19(17-16-13)12-5-3-4-11(14)6-12/h3-9H,2H2,1H3. The zero-order chi connectivity index (χ0) is 13.2. The van der Waals surface area contributed by atoms with E-state index in [4.69, 9.17) is 11.6 Å². The molecule has 19 heavy (non-hydrogen) atoms. The van der Waals surface area contributed by atoms with Crippen molar-refractivity contribution in [3.05, 3.63) is 47.9 Å². The molecular weight excluding hydrogens is 262 g/mol. The molecule has 5 nitrogen and oxygen atoms in total. The van der Waals surface area contributed by atoms with Crippen molar-refractivity contribution in [1.82, 2.24) is 24.8 Å². The van der Waals surface area contributed by atoms with Crippen LogP contribution >= 0.6 is 11.6 Å². The van der Waals surface area contributed by atoms with Crippen molar-refractivity contribution in [1.29, 1.82) is 0 Å². The van der Waals surface area contributed by atoms with Crippen molar-refractivity contribution < 1.29 is 0 Å². The summed E-state index contributed by atoms with van der Waals surface area (Å²) in [6.45, 7) is 2.88. The van der Waals surface area contributed by atoms with Gasteiger partial charge in [0.05, 0.1) is 18.1 Å². The first-order valence-electron chi connectivity index (χ1n) is 5.97. The molecule has 0 radical (unpaired) electrons. The Hall–Kier alpha value is -2.14. The molecule has 0 N–H and O–H groups in total. The topological polar surface area (TPSA) is 48.5 Å². The quantitative estimate of drug-likeness (QED) is 0.737. The first-order chi connectivity index (χ1) is 9.26. The highest BCUT2D eigenvalue weighted by molar-refractivity contribution is 6.30. The molecule has 0 amide bonds. The maximum atomic E-state index is 5.97. The van der Waals surface area contributed by atoms with Gasteiger partial charge in [-0.05, 0) is 25.1 Å². The maximum Gasteiger partial charge on any atom is 0.116 e. The van der Waals surface area contributed by atoms with E-state index >= 15 is 0 Å². The molecule has 2 heterocycles. The molecule has 0 aliphatic heterocycles. The maximum absolute atomic E-state index is 5.97. The summed E-state index contributed by atoms with van der Waals surface area (Å²) in [6.07, 6.45) is 5.60. The zero-order valence-electron chi connectivity index (χ0n) is 10.4. The van der Waals surface area contributed by atoms with Gasteiger partial charge in [-0.3, -0.25) is 4.68 Å². The van der Waals surface area contributed by atoms with Gasteiger partial charge in [-0.15, -0.1) is 5.10 Å². The van der Waals surface area contributed by atoms with Crippen LogP contribution in [0, 0.1) is 0 Å².